The van der Waals surface area contributed by atoms with Gasteiger partial charge in [0.15, 0.2) is 0 Å². The Kier molecular flexibility index (Phi) is 7.48. The van der Waals surface area contributed by atoms with Crippen LogP contribution in [0.15, 0.2) is 30.3 Å². The van der Waals surface area contributed by atoms with Gasteiger partial charge < -0.3 is 20.1 Å². The van der Waals surface area contributed by atoms with Crippen molar-refractivity contribution in [3.63, 3.8) is 0 Å². The first-order chi connectivity index (χ1) is 16.6. The van der Waals surface area contributed by atoms with Crippen LogP contribution in [0, 0.1) is 5.82 Å². The topological polar surface area (TPSA) is 79.9 Å². The normalized spacial score (nSPS) is 18.0. The Morgan fingerprint density at radius 1 is 1.20 bits per heavy atom. The van der Waals surface area contributed by atoms with E-state index < -0.39 is 18.0 Å². The van der Waals surface area contributed by atoms with Crippen LogP contribution in [0.3, 0.4) is 0 Å². The second-order valence-corrected chi connectivity index (χ2v) is 8.61. The van der Waals surface area contributed by atoms with E-state index in [1.807, 2.05) is 6.07 Å². The lowest BCUT2D eigenvalue weighted by atomic mass is 10.0. The number of carbonyl (C=O) groups excluding carboxylic acids is 2. The molecular weight excluding hydrogens is 494 g/mol. The molecule has 1 atom stereocenters. The number of hydrogen-bond acceptors (Lipinski definition) is 5. The molecule has 4 rings (SSSR count). The number of ether oxygens (including phenoxy) is 2. The molecule has 2 heterocycles. The van der Waals surface area contributed by atoms with Gasteiger partial charge in [-0.25, -0.2) is 4.39 Å². The number of rotatable bonds is 6. The monoisotopic (exact) mass is 515 g/mol. The summed E-state index contributed by atoms with van der Waals surface area (Å²) in [7, 11) is 0. The molecule has 2 N–H and O–H groups in total. The van der Waals surface area contributed by atoms with Gasteiger partial charge in [-0.05, 0) is 23.8 Å². The molecule has 188 valence electrons. The third-order valence-electron chi connectivity index (χ3n) is 5.68. The van der Waals surface area contributed by atoms with Gasteiger partial charge in [-0.2, -0.15) is 13.2 Å². The molecule has 1 fully saturated rings. The number of nitrogens with zero attached hydrogens (tertiary/aromatic N) is 1. The quantitative estimate of drug-likeness (QED) is 0.575. The first kappa shape index (κ1) is 25.2. The van der Waals surface area contributed by atoms with Crippen LogP contribution in [0.1, 0.15) is 21.5 Å². The molecule has 2 aliphatic rings. The summed E-state index contributed by atoms with van der Waals surface area (Å²) in [5.41, 5.74) is 0.895. The number of amides is 2. The Hall–Kier alpha value is -2.89. The molecule has 1 saturated heterocycles. The third-order valence-corrected chi connectivity index (χ3v) is 5.98. The average molecular weight is 516 g/mol. The Labute approximate surface area is 203 Å². The van der Waals surface area contributed by atoms with Gasteiger partial charge >= 0.3 is 12.1 Å². The fraction of sp³-hybridized carbons (Fsp3) is 0.391. The minimum Gasteiger partial charge on any atom is -0.492 e. The highest BCUT2D eigenvalue weighted by Gasteiger charge is 2.40. The van der Waals surface area contributed by atoms with Crippen LogP contribution < -0.4 is 15.4 Å². The van der Waals surface area contributed by atoms with Gasteiger partial charge in [0.1, 0.15) is 11.6 Å². The highest BCUT2D eigenvalue weighted by Crippen LogP contribution is 2.41. The van der Waals surface area contributed by atoms with Crippen molar-refractivity contribution in [1.82, 2.24) is 10.2 Å². The van der Waals surface area contributed by atoms with E-state index in [1.165, 1.54) is 18.2 Å². The van der Waals surface area contributed by atoms with E-state index in [1.54, 1.807) is 11.4 Å². The number of hydrogen-bond donors (Lipinski definition) is 2. The summed E-state index contributed by atoms with van der Waals surface area (Å²) in [6.07, 6.45) is -5.23. The fourth-order valence-corrected chi connectivity index (χ4v) is 4.34. The average Bonchev–Trinajstić information content (AvgIpc) is 3.28. The zero-order chi connectivity index (χ0) is 25.2. The first-order valence-corrected chi connectivity index (χ1v) is 11.2. The fourth-order valence-electron chi connectivity index (χ4n) is 4.07. The SMILES string of the molecule is O=C(NCC1CN(Cc2cccc(F)c2)CCO1)c1cc(Cl)c(NC(=O)C(F)(F)F)c2c1OCC2. The molecule has 7 nitrogen and oxygen atoms in total. The number of anilines is 1. The van der Waals surface area contributed by atoms with Crippen LogP contribution in [-0.4, -0.2) is 61.8 Å². The predicted molar refractivity (Wildman–Crippen MR) is 119 cm³/mol. The van der Waals surface area contributed by atoms with Gasteiger partial charge in [0.2, 0.25) is 0 Å². The summed E-state index contributed by atoms with van der Waals surface area (Å²) in [5, 5.41) is 4.32. The highest BCUT2D eigenvalue weighted by molar-refractivity contribution is 6.34. The van der Waals surface area contributed by atoms with Crippen molar-refractivity contribution in [2.24, 2.45) is 0 Å². The van der Waals surface area contributed by atoms with Gasteiger partial charge in [0.05, 0.1) is 35.6 Å². The van der Waals surface area contributed by atoms with Gasteiger partial charge in [0.25, 0.3) is 5.91 Å². The molecule has 2 aromatic rings. The molecule has 1 unspecified atom stereocenters. The molecule has 0 aliphatic carbocycles. The molecule has 35 heavy (non-hydrogen) atoms. The Morgan fingerprint density at radius 2 is 2.00 bits per heavy atom. The Bertz CT molecular complexity index is 1130. The Balaban J connectivity index is 1.40. The molecule has 12 heteroatoms. The number of nitrogens with one attached hydrogen (secondary N) is 2. The smallest absolute Gasteiger partial charge is 0.471 e. The number of halogens is 5. The number of benzene rings is 2. The summed E-state index contributed by atoms with van der Waals surface area (Å²) < 4.78 is 62.7. The lowest BCUT2D eigenvalue weighted by Crippen LogP contribution is -2.47. The summed E-state index contributed by atoms with van der Waals surface area (Å²) in [4.78, 5) is 26.4. The minimum absolute atomic E-state index is 0.0555. The molecule has 2 aromatic carbocycles. The summed E-state index contributed by atoms with van der Waals surface area (Å²) >= 11 is 6.13. The van der Waals surface area contributed by atoms with Crippen LogP contribution in [-0.2, 0) is 22.5 Å². The lowest BCUT2D eigenvalue weighted by molar-refractivity contribution is -0.167. The van der Waals surface area contributed by atoms with Gasteiger partial charge in [-0.3, -0.25) is 14.5 Å². The van der Waals surface area contributed by atoms with Crippen LogP contribution >= 0.6 is 11.6 Å². The maximum atomic E-state index is 13.5. The van der Waals surface area contributed by atoms with Crippen molar-refractivity contribution in [2.45, 2.75) is 25.2 Å². The number of alkyl halides is 3. The molecule has 2 aliphatic heterocycles. The van der Waals surface area contributed by atoms with Crippen molar-refractivity contribution < 1.29 is 36.6 Å². The maximum absolute atomic E-state index is 13.5. The summed E-state index contributed by atoms with van der Waals surface area (Å²) in [6.45, 7) is 2.43. The first-order valence-electron chi connectivity index (χ1n) is 10.8. The van der Waals surface area contributed by atoms with E-state index >= 15 is 0 Å². The molecule has 0 bridgehead atoms. The lowest BCUT2D eigenvalue weighted by Gasteiger charge is -2.33. The minimum atomic E-state index is -5.09. The largest absolute Gasteiger partial charge is 0.492 e. The van der Waals surface area contributed by atoms with Crippen LogP contribution in [0.25, 0.3) is 0 Å². The molecule has 2 amide bonds. The third kappa shape index (κ3) is 6.03. The van der Waals surface area contributed by atoms with E-state index in [0.717, 1.165) is 5.56 Å². The molecule has 0 radical (unpaired) electrons. The van der Waals surface area contributed by atoms with Gasteiger partial charge in [-0.1, -0.05) is 23.7 Å². The summed E-state index contributed by atoms with van der Waals surface area (Å²) in [6, 6.07) is 7.50. The van der Waals surface area contributed by atoms with Crippen molar-refractivity contribution >= 4 is 29.1 Å². The van der Waals surface area contributed by atoms with E-state index in [2.05, 4.69) is 10.2 Å². The van der Waals surface area contributed by atoms with E-state index in [0.29, 0.717) is 26.2 Å². The van der Waals surface area contributed by atoms with Crippen LogP contribution in [0.2, 0.25) is 5.02 Å². The van der Waals surface area contributed by atoms with Crippen molar-refractivity contribution in [1.29, 1.82) is 0 Å². The van der Waals surface area contributed by atoms with Crippen LogP contribution in [0.5, 0.6) is 5.75 Å². The van der Waals surface area contributed by atoms with E-state index in [4.69, 9.17) is 21.1 Å². The van der Waals surface area contributed by atoms with E-state index in [-0.39, 0.29) is 59.1 Å². The van der Waals surface area contributed by atoms with Crippen molar-refractivity contribution in [3.8, 4) is 5.75 Å². The second-order valence-electron chi connectivity index (χ2n) is 8.21. The highest BCUT2D eigenvalue weighted by atomic mass is 35.5. The Morgan fingerprint density at radius 3 is 2.74 bits per heavy atom. The van der Waals surface area contributed by atoms with Crippen LogP contribution in [0.4, 0.5) is 23.2 Å². The van der Waals surface area contributed by atoms with Crippen molar-refractivity contribution in [3.05, 3.63) is 57.9 Å². The van der Waals surface area contributed by atoms with E-state index in [9.17, 15) is 27.2 Å². The summed E-state index contributed by atoms with van der Waals surface area (Å²) in [5.74, 6) is -2.92. The maximum Gasteiger partial charge on any atom is 0.471 e. The van der Waals surface area contributed by atoms with Crippen molar-refractivity contribution in [2.75, 3.05) is 38.2 Å². The standard InChI is InChI=1S/C23H22ClF4N3O4/c24-18-9-17(20-16(4-6-35-20)19(18)30-22(33)23(26,27)28)21(32)29-10-15-12-31(5-7-34-15)11-13-2-1-3-14(25)8-13/h1-3,8-9,15H,4-7,10-12H2,(H,29,32)(H,30,33). The van der Waals surface area contributed by atoms with Gasteiger partial charge in [0, 0.05) is 38.2 Å². The predicted octanol–water partition coefficient (Wildman–Crippen LogP) is 3.55. The molecular formula is C23H22ClF4N3O4. The molecule has 0 spiro atoms. The second kappa shape index (κ2) is 10.4. The van der Waals surface area contributed by atoms with Gasteiger partial charge in [-0.15, -0.1) is 0 Å². The zero-order valence-electron chi connectivity index (χ0n) is 18.4. The molecule has 0 saturated carbocycles. The molecule has 0 aromatic heterocycles. The number of morpholine rings is 1. The number of carbonyl (C=O) groups is 2. The number of fused-ring (bicyclic) bond motifs is 1. The zero-order valence-corrected chi connectivity index (χ0v) is 19.1.